The van der Waals surface area contributed by atoms with Gasteiger partial charge in [0, 0.05) is 37.2 Å². The third-order valence-corrected chi connectivity index (χ3v) is 4.49. The Balaban J connectivity index is 1.71. The van der Waals surface area contributed by atoms with Crippen molar-refractivity contribution in [2.45, 2.75) is 25.2 Å². The quantitative estimate of drug-likeness (QED) is 0.889. The predicted octanol–water partition coefficient (Wildman–Crippen LogP) is 1.54. The summed E-state index contributed by atoms with van der Waals surface area (Å²) in [6.45, 7) is 3.29. The van der Waals surface area contributed by atoms with E-state index in [0.29, 0.717) is 12.3 Å². The molecule has 0 aromatic carbocycles. The van der Waals surface area contributed by atoms with Crippen molar-refractivity contribution >= 4 is 17.7 Å². The highest BCUT2D eigenvalue weighted by atomic mass is 32.2. The first kappa shape index (κ1) is 14.3. The van der Waals surface area contributed by atoms with Crippen molar-refractivity contribution in [1.82, 2.24) is 9.88 Å². The molecule has 1 aromatic rings. The summed E-state index contributed by atoms with van der Waals surface area (Å²) in [6.07, 6.45) is 4.14. The fourth-order valence-electron chi connectivity index (χ4n) is 2.23. The summed E-state index contributed by atoms with van der Waals surface area (Å²) in [5.74, 6) is 1.77. The molecular weight excluding hydrogens is 260 g/mol. The van der Waals surface area contributed by atoms with Crippen LogP contribution in [0.15, 0.2) is 24.5 Å². The van der Waals surface area contributed by atoms with E-state index in [2.05, 4.69) is 4.98 Å². The summed E-state index contributed by atoms with van der Waals surface area (Å²) in [7, 11) is 0. The maximum Gasteiger partial charge on any atom is 0.232 e. The molecule has 1 aromatic heterocycles. The van der Waals surface area contributed by atoms with E-state index in [1.54, 1.807) is 31.1 Å². The Hall–Kier alpha value is -1.07. The van der Waals surface area contributed by atoms with Crippen molar-refractivity contribution in [3.8, 4) is 0 Å². The van der Waals surface area contributed by atoms with Crippen molar-refractivity contribution in [3.05, 3.63) is 30.1 Å². The van der Waals surface area contributed by atoms with Crippen LogP contribution >= 0.6 is 11.8 Å². The molecule has 1 aliphatic rings. The Kier molecular flexibility index (Phi) is 5.22. The van der Waals surface area contributed by atoms with Gasteiger partial charge in [0.15, 0.2) is 0 Å². The van der Waals surface area contributed by atoms with Crippen LogP contribution in [0.5, 0.6) is 0 Å². The number of aliphatic hydroxyl groups excluding tert-OH is 1. The molecule has 2 unspecified atom stereocenters. The van der Waals surface area contributed by atoms with Gasteiger partial charge in [0.1, 0.15) is 0 Å². The van der Waals surface area contributed by atoms with E-state index in [9.17, 15) is 9.90 Å². The molecule has 1 fully saturated rings. The van der Waals surface area contributed by atoms with E-state index in [1.165, 1.54) is 5.56 Å². The molecule has 0 saturated carbocycles. The molecular formula is C14H20N2O2S. The topological polar surface area (TPSA) is 53.4 Å². The fraction of sp³-hybridized carbons (Fsp3) is 0.571. The lowest BCUT2D eigenvalue weighted by Crippen LogP contribution is -2.31. The lowest BCUT2D eigenvalue weighted by molar-refractivity contribution is -0.127. The summed E-state index contributed by atoms with van der Waals surface area (Å²) in [5, 5.41) is 9.53. The number of carbonyl (C=O) groups is 1. The zero-order valence-electron chi connectivity index (χ0n) is 11.2. The number of amides is 1. The Morgan fingerprint density at radius 1 is 1.58 bits per heavy atom. The minimum Gasteiger partial charge on any atom is -0.393 e. The average molecular weight is 280 g/mol. The third kappa shape index (κ3) is 4.21. The maximum atomic E-state index is 12.0. The van der Waals surface area contributed by atoms with E-state index in [1.807, 2.05) is 17.0 Å². The molecule has 1 saturated heterocycles. The van der Waals surface area contributed by atoms with E-state index >= 15 is 0 Å². The largest absolute Gasteiger partial charge is 0.393 e. The minimum absolute atomic E-state index is 0.183. The van der Waals surface area contributed by atoms with Crippen molar-refractivity contribution < 1.29 is 9.90 Å². The number of carbonyl (C=O) groups excluding carboxylic acids is 1. The number of hydrogen-bond donors (Lipinski definition) is 1. The number of hydrogen-bond acceptors (Lipinski definition) is 4. The lowest BCUT2D eigenvalue weighted by Gasteiger charge is -2.17. The fourth-order valence-corrected chi connectivity index (χ4v) is 3.12. The molecule has 19 heavy (non-hydrogen) atoms. The average Bonchev–Trinajstić information content (AvgIpc) is 2.89. The number of thioether (sulfide) groups is 1. The Labute approximate surface area is 118 Å². The Morgan fingerprint density at radius 2 is 2.32 bits per heavy atom. The first-order valence-corrected chi connectivity index (χ1v) is 7.75. The molecule has 0 bridgehead atoms. The smallest absolute Gasteiger partial charge is 0.232 e. The van der Waals surface area contributed by atoms with E-state index < -0.39 is 0 Å². The van der Waals surface area contributed by atoms with Crippen molar-refractivity contribution in [1.29, 1.82) is 0 Å². The predicted molar refractivity (Wildman–Crippen MR) is 76.8 cm³/mol. The van der Waals surface area contributed by atoms with E-state index in [-0.39, 0.29) is 17.9 Å². The first-order chi connectivity index (χ1) is 9.16. The van der Waals surface area contributed by atoms with Gasteiger partial charge in [0.25, 0.3) is 0 Å². The number of pyridine rings is 1. The van der Waals surface area contributed by atoms with Crippen LogP contribution in [-0.2, 0) is 10.5 Å². The molecule has 2 atom stereocenters. The Bertz CT molecular complexity index is 411. The summed E-state index contributed by atoms with van der Waals surface area (Å²) < 4.78 is 0. The molecule has 0 spiro atoms. The summed E-state index contributed by atoms with van der Waals surface area (Å²) in [6, 6.07) is 3.94. The van der Waals surface area contributed by atoms with Gasteiger partial charge in [0.2, 0.25) is 5.91 Å². The van der Waals surface area contributed by atoms with Gasteiger partial charge in [-0.2, -0.15) is 0 Å². The van der Waals surface area contributed by atoms with Crippen LogP contribution in [0.25, 0.3) is 0 Å². The second kappa shape index (κ2) is 6.91. The monoisotopic (exact) mass is 280 g/mol. The van der Waals surface area contributed by atoms with Crippen LogP contribution in [0.3, 0.4) is 0 Å². The van der Waals surface area contributed by atoms with E-state index in [4.69, 9.17) is 0 Å². The van der Waals surface area contributed by atoms with Crippen LogP contribution in [-0.4, -0.2) is 45.8 Å². The molecule has 2 heterocycles. The third-order valence-electron chi connectivity index (χ3n) is 3.50. The zero-order chi connectivity index (χ0) is 13.7. The highest BCUT2D eigenvalue weighted by molar-refractivity contribution is 7.99. The molecule has 4 nitrogen and oxygen atoms in total. The standard InChI is InChI=1S/C14H20N2O2S/c1-11(17)13-4-7-16(8-13)14(18)10-19-9-12-2-5-15-6-3-12/h2-3,5-6,11,13,17H,4,7-10H2,1H3. The van der Waals surface area contributed by atoms with Gasteiger partial charge in [-0.05, 0) is 31.0 Å². The number of aromatic nitrogens is 1. The van der Waals surface area contributed by atoms with Gasteiger partial charge in [-0.15, -0.1) is 11.8 Å². The molecule has 0 radical (unpaired) electrons. The number of likely N-dealkylation sites (tertiary alicyclic amines) is 1. The zero-order valence-corrected chi connectivity index (χ0v) is 12.0. The van der Waals surface area contributed by atoms with Crippen molar-refractivity contribution in [2.75, 3.05) is 18.8 Å². The van der Waals surface area contributed by atoms with Gasteiger partial charge in [0.05, 0.1) is 11.9 Å². The minimum atomic E-state index is -0.317. The summed E-state index contributed by atoms with van der Waals surface area (Å²) in [5.41, 5.74) is 1.19. The highest BCUT2D eigenvalue weighted by Gasteiger charge is 2.28. The molecule has 0 aliphatic carbocycles. The van der Waals surface area contributed by atoms with Crippen LogP contribution in [0.4, 0.5) is 0 Å². The molecule has 2 rings (SSSR count). The molecule has 104 valence electrons. The van der Waals surface area contributed by atoms with Crippen molar-refractivity contribution in [2.24, 2.45) is 5.92 Å². The van der Waals surface area contributed by atoms with Crippen LogP contribution in [0.2, 0.25) is 0 Å². The summed E-state index contributed by atoms with van der Waals surface area (Å²) in [4.78, 5) is 17.9. The Morgan fingerprint density at radius 3 is 2.95 bits per heavy atom. The van der Waals surface area contributed by atoms with Gasteiger partial charge in [-0.3, -0.25) is 9.78 Å². The summed E-state index contributed by atoms with van der Waals surface area (Å²) >= 11 is 1.63. The van der Waals surface area contributed by atoms with Crippen molar-refractivity contribution in [3.63, 3.8) is 0 Å². The number of rotatable bonds is 5. The molecule has 5 heteroatoms. The van der Waals surface area contributed by atoms with Gasteiger partial charge >= 0.3 is 0 Å². The SMILES string of the molecule is CC(O)C1CCN(C(=O)CSCc2ccncc2)C1. The van der Waals surface area contributed by atoms with Crippen LogP contribution in [0, 0.1) is 5.92 Å². The second-order valence-corrected chi connectivity index (χ2v) is 5.96. The maximum absolute atomic E-state index is 12.0. The van der Waals surface area contributed by atoms with Gasteiger partial charge < -0.3 is 10.0 Å². The van der Waals surface area contributed by atoms with E-state index in [0.717, 1.165) is 18.7 Å². The van der Waals surface area contributed by atoms with Crippen LogP contribution in [0.1, 0.15) is 18.9 Å². The van der Waals surface area contributed by atoms with Crippen LogP contribution < -0.4 is 0 Å². The molecule has 1 aliphatic heterocycles. The lowest BCUT2D eigenvalue weighted by atomic mass is 10.0. The number of nitrogens with zero attached hydrogens (tertiary/aromatic N) is 2. The first-order valence-electron chi connectivity index (χ1n) is 6.59. The van der Waals surface area contributed by atoms with Gasteiger partial charge in [-0.25, -0.2) is 0 Å². The van der Waals surface area contributed by atoms with Gasteiger partial charge in [-0.1, -0.05) is 0 Å². The molecule has 1 amide bonds. The second-order valence-electron chi connectivity index (χ2n) is 4.98. The normalized spacial score (nSPS) is 20.5. The highest BCUT2D eigenvalue weighted by Crippen LogP contribution is 2.21. The number of aliphatic hydroxyl groups is 1. The molecule has 1 N–H and O–H groups in total.